The maximum absolute atomic E-state index is 14.9. The van der Waals surface area contributed by atoms with Gasteiger partial charge >= 0.3 is 0 Å². The van der Waals surface area contributed by atoms with Gasteiger partial charge in [0.05, 0.1) is 17.0 Å². The van der Waals surface area contributed by atoms with Gasteiger partial charge in [0.2, 0.25) is 0 Å². The highest BCUT2D eigenvalue weighted by atomic mass is 19.1. The van der Waals surface area contributed by atoms with E-state index in [9.17, 15) is 9.50 Å². The lowest BCUT2D eigenvalue weighted by molar-refractivity contribution is -0.0738. The van der Waals surface area contributed by atoms with E-state index in [-0.39, 0.29) is 5.82 Å². The van der Waals surface area contributed by atoms with Crippen LogP contribution in [0, 0.1) is 12.7 Å². The SMILES string of the molecule is Cc1cc2ncc3cc(-c4ccccc4F)c(-c4ccc([C@]5(N)C[C@@](C)(O)C5)cc4)nc3n2n1. The number of halogens is 1. The summed E-state index contributed by atoms with van der Waals surface area (Å²) >= 11 is 0. The normalized spacial score (nSPS) is 22.3. The number of fused-ring (bicyclic) bond motifs is 3. The van der Waals surface area contributed by atoms with Crippen LogP contribution >= 0.6 is 0 Å². The van der Waals surface area contributed by atoms with Crippen LogP contribution in [0.5, 0.6) is 0 Å². The van der Waals surface area contributed by atoms with Crippen LogP contribution in [0.3, 0.4) is 0 Å². The Bertz CT molecular complexity index is 1560. The van der Waals surface area contributed by atoms with Crippen molar-refractivity contribution in [2.75, 3.05) is 0 Å². The van der Waals surface area contributed by atoms with Crippen molar-refractivity contribution in [3.8, 4) is 22.4 Å². The number of rotatable bonds is 3. The Kier molecular flexibility index (Phi) is 4.40. The zero-order chi connectivity index (χ0) is 23.7. The molecule has 1 fully saturated rings. The average Bonchev–Trinajstić information content (AvgIpc) is 3.18. The van der Waals surface area contributed by atoms with Crippen LogP contribution < -0.4 is 5.73 Å². The number of pyridine rings is 1. The van der Waals surface area contributed by atoms with Crippen molar-refractivity contribution < 1.29 is 9.50 Å². The zero-order valence-electron chi connectivity index (χ0n) is 19.0. The molecule has 0 amide bonds. The monoisotopic (exact) mass is 453 g/mol. The van der Waals surface area contributed by atoms with Crippen LogP contribution in [0.15, 0.2) is 66.9 Å². The number of nitrogens with two attached hydrogens (primary N) is 1. The fourth-order valence-electron chi connectivity index (χ4n) is 5.23. The Labute approximate surface area is 195 Å². The molecule has 1 aliphatic carbocycles. The number of nitrogens with zero attached hydrogens (tertiary/aromatic N) is 4. The molecule has 5 aromatic rings. The minimum Gasteiger partial charge on any atom is -0.390 e. The molecule has 3 heterocycles. The maximum atomic E-state index is 14.9. The van der Waals surface area contributed by atoms with E-state index in [2.05, 4.69) is 10.1 Å². The molecule has 1 aliphatic rings. The first-order valence-corrected chi connectivity index (χ1v) is 11.3. The van der Waals surface area contributed by atoms with Gasteiger partial charge in [0.1, 0.15) is 5.82 Å². The molecular formula is C27H24FN5O. The number of hydrogen-bond donors (Lipinski definition) is 2. The summed E-state index contributed by atoms with van der Waals surface area (Å²) in [5, 5.41) is 15.5. The third-order valence-electron chi connectivity index (χ3n) is 6.67. The summed E-state index contributed by atoms with van der Waals surface area (Å²) in [7, 11) is 0. The molecule has 3 N–H and O–H groups in total. The summed E-state index contributed by atoms with van der Waals surface area (Å²) in [5.74, 6) is -0.317. The molecule has 6 nitrogen and oxygen atoms in total. The fraction of sp³-hybridized carbons (Fsp3) is 0.222. The van der Waals surface area contributed by atoms with Crippen molar-refractivity contribution in [1.29, 1.82) is 0 Å². The highest BCUT2D eigenvalue weighted by Crippen LogP contribution is 2.46. The molecule has 0 radical (unpaired) electrons. The van der Waals surface area contributed by atoms with Crippen molar-refractivity contribution in [2.24, 2.45) is 5.73 Å². The number of aryl methyl sites for hydroxylation is 1. The molecule has 0 atom stereocenters. The van der Waals surface area contributed by atoms with Gasteiger partial charge in [0, 0.05) is 39.9 Å². The molecule has 3 aromatic heterocycles. The predicted molar refractivity (Wildman–Crippen MR) is 130 cm³/mol. The molecule has 0 saturated heterocycles. The standard InChI is InChI=1S/C27H24FN5O/c1-16-11-23-30-13-18-12-21(20-5-3-4-6-22(20)28)24(31-25(18)33(23)32-16)17-7-9-19(10-8-17)27(29)14-26(2,34)15-27/h3-13,34H,14-15,29H2,1-2H3/t26-,27+. The third kappa shape index (κ3) is 3.28. The average molecular weight is 454 g/mol. The van der Waals surface area contributed by atoms with Gasteiger partial charge in [-0.05, 0) is 44.4 Å². The molecule has 1 saturated carbocycles. The van der Waals surface area contributed by atoms with Crippen LogP contribution in [-0.4, -0.2) is 30.3 Å². The first-order valence-electron chi connectivity index (χ1n) is 11.3. The lowest BCUT2D eigenvalue weighted by atomic mass is 9.63. The van der Waals surface area contributed by atoms with E-state index >= 15 is 0 Å². The van der Waals surface area contributed by atoms with E-state index in [0.717, 1.165) is 22.2 Å². The predicted octanol–water partition coefficient (Wildman–Crippen LogP) is 4.76. The number of aromatic nitrogens is 4. The van der Waals surface area contributed by atoms with Gasteiger partial charge in [-0.25, -0.2) is 14.4 Å². The Balaban J connectivity index is 1.55. The number of hydrogen-bond acceptors (Lipinski definition) is 5. The third-order valence-corrected chi connectivity index (χ3v) is 6.67. The van der Waals surface area contributed by atoms with Crippen LogP contribution in [0.1, 0.15) is 31.0 Å². The van der Waals surface area contributed by atoms with E-state index in [1.54, 1.807) is 29.8 Å². The largest absolute Gasteiger partial charge is 0.390 e. The minimum absolute atomic E-state index is 0.317. The lowest BCUT2D eigenvalue weighted by Gasteiger charge is -2.49. The van der Waals surface area contributed by atoms with E-state index in [4.69, 9.17) is 10.7 Å². The second-order valence-corrected chi connectivity index (χ2v) is 9.68. The molecule has 0 spiro atoms. The summed E-state index contributed by atoms with van der Waals surface area (Å²) in [6.45, 7) is 3.72. The van der Waals surface area contributed by atoms with Crippen LogP contribution in [0.2, 0.25) is 0 Å². The van der Waals surface area contributed by atoms with Crippen LogP contribution in [0.25, 0.3) is 39.1 Å². The topological polar surface area (TPSA) is 89.3 Å². The summed E-state index contributed by atoms with van der Waals surface area (Å²) < 4.78 is 16.6. The lowest BCUT2D eigenvalue weighted by Crippen LogP contribution is -2.58. The van der Waals surface area contributed by atoms with Gasteiger partial charge in [0.15, 0.2) is 11.3 Å². The van der Waals surface area contributed by atoms with Crippen molar-refractivity contribution in [3.05, 3.63) is 83.9 Å². The summed E-state index contributed by atoms with van der Waals surface area (Å²) in [6, 6.07) is 18.4. The van der Waals surface area contributed by atoms with Crippen molar-refractivity contribution >= 4 is 16.7 Å². The Hall–Kier alpha value is -3.68. The van der Waals surface area contributed by atoms with E-state index in [1.807, 2.05) is 49.4 Å². The second kappa shape index (κ2) is 7.16. The molecule has 0 bridgehead atoms. The van der Waals surface area contributed by atoms with Gasteiger partial charge in [-0.2, -0.15) is 9.61 Å². The van der Waals surface area contributed by atoms with Gasteiger partial charge in [0.25, 0.3) is 0 Å². The number of aliphatic hydroxyl groups is 1. The maximum Gasteiger partial charge on any atom is 0.165 e. The number of benzene rings is 2. The van der Waals surface area contributed by atoms with Gasteiger partial charge in [-0.1, -0.05) is 42.5 Å². The van der Waals surface area contributed by atoms with Crippen LogP contribution in [0.4, 0.5) is 4.39 Å². The molecule has 170 valence electrons. The Morgan fingerprint density at radius 2 is 1.76 bits per heavy atom. The summed E-state index contributed by atoms with van der Waals surface area (Å²) in [4.78, 5) is 9.46. The summed E-state index contributed by atoms with van der Waals surface area (Å²) in [6.07, 6.45) is 2.77. The van der Waals surface area contributed by atoms with Gasteiger partial charge < -0.3 is 10.8 Å². The second-order valence-electron chi connectivity index (χ2n) is 9.68. The smallest absolute Gasteiger partial charge is 0.165 e. The van der Waals surface area contributed by atoms with E-state index in [0.29, 0.717) is 41.0 Å². The quantitative estimate of drug-likeness (QED) is 0.411. The molecular weight excluding hydrogens is 429 g/mol. The van der Waals surface area contributed by atoms with Crippen molar-refractivity contribution in [2.45, 2.75) is 37.8 Å². The molecule has 34 heavy (non-hydrogen) atoms. The van der Waals surface area contributed by atoms with Crippen molar-refractivity contribution in [3.63, 3.8) is 0 Å². The molecule has 2 aromatic carbocycles. The van der Waals surface area contributed by atoms with E-state index < -0.39 is 11.1 Å². The summed E-state index contributed by atoms with van der Waals surface area (Å²) in [5.41, 5.74) is 11.1. The van der Waals surface area contributed by atoms with Gasteiger partial charge in [-0.3, -0.25) is 0 Å². The zero-order valence-corrected chi connectivity index (χ0v) is 19.0. The molecule has 0 unspecified atom stereocenters. The Morgan fingerprint density at radius 1 is 1.03 bits per heavy atom. The molecule has 6 rings (SSSR count). The highest BCUT2D eigenvalue weighted by Gasteiger charge is 2.49. The molecule has 7 heteroatoms. The highest BCUT2D eigenvalue weighted by molar-refractivity contribution is 5.90. The van der Waals surface area contributed by atoms with Gasteiger partial charge in [-0.15, -0.1) is 0 Å². The van der Waals surface area contributed by atoms with Crippen LogP contribution in [-0.2, 0) is 5.54 Å². The first-order chi connectivity index (χ1) is 16.2. The van der Waals surface area contributed by atoms with Crippen molar-refractivity contribution in [1.82, 2.24) is 19.6 Å². The van der Waals surface area contributed by atoms with E-state index in [1.165, 1.54) is 6.07 Å². The molecule has 0 aliphatic heterocycles. The minimum atomic E-state index is -0.730. The Morgan fingerprint density at radius 3 is 2.47 bits per heavy atom. The fourth-order valence-corrected chi connectivity index (χ4v) is 5.23. The first kappa shape index (κ1) is 20.9.